The Morgan fingerprint density at radius 3 is 2.56 bits per heavy atom. The van der Waals surface area contributed by atoms with Crippen LogP contribution in [0.1, 0.15) is 20.1 Å². The van der Waals surface area contributed by atoms with E-state index in [-0.39, 0.29) is 18.1 Å². The monoisotopic (exact) mass is 411 g/mol. The number of rotatable bonds is 9. The molecule has 0 aliphatic rings. The molecule has 0 bridgehead atoms. The number of thiophene rings is 1. The summed E-state index contributed by atoms with van der Waals surface area (Å²) in [4.78, 5) is 25.0. The minimum Gasteiger partial charge on any atom is -0.454 e. The van der Waals surface area contributed by atoms with Crippen LogP contribution in [0.2, 0.25) is 0 Å². The van der Waals surface area contributed by atoms with E-state index in [1.807, 2.05) is 0 Å². The zero-order valence-electron chi connectivity index (χ0n) is 14.5. The highest BCUT2D eigenvalue weighted by atomic mass is 32.2. The maximum absolute atomic E-state index is 12.8. The molecule has 1 aromatic carbocycles. The summed E-state index contributed by atoms with van der Waals surface area (Å²) in [7, 11) is -3.24. The summed E-state index contributed by atoms with van der Waals surface area (Å²) >= 11 is 1.23. The molecule has 9 heteroatoms. The normalized spacial score (nSPS) is 11.6. The van der Waals surface area contributed by atoms with Gasteiger partial charge in [0.15, 0.2) is 6.61 Å². The third kappa shape index (κ3) is 7.81. The molecule has 0 fully saturated rings. The van der Waals surface area contributed by atoms with Crippen LogP contribution in [0.4, 0.5) is 4.39 Å². The van der Waals surface area contributed by atoms with Gasteiger partial charge >= 0.3 is 5.97 Å². The molecule has 2 rings (SSSR count). The second-order valence-corrected chi connectivity index (χ2v) is 8.60. The summed E-state index contributed by atoms with van der Waals surface area (Å²) in [6, 6.07) is 8.91. The Morgan fingerprint density at radius 1 is 1.19 bits per heavy atom. The highest BCUT2D eigenvalue weighted by molar-refractivity contribution is 7.88. The third-order valence-electron chi connectivity index (χ3n) is 3.30. The van der Waals surface area contributed by atoms with Crippen LogP contribution >= 0.6 is 11.3 Å². The molecule has 0 spiro atoms. The molecule has 0 atom stereocenters. The van der Waals surface area contributed by atoms with E-state index in [1.54, 1.807) is 12.1 Å². The average molecular weight is 411 g/mol. The largest absolute Gasteiger partial charge is 0.454 e. The highest BCUT2D eigenvalue weighted by Crippen LogP contribution is 2.17. The van der Waals surface area contributed by atoms with Crippen molar-refractivity contribution in [1.29, 1.82) is 0 Å². The van der Waals surface area contributed by atoms with Gasteiger partial charge in [-0.1, -0.05) is 12.1 Å². The van der Waals surface area contributed by atoms with Crippen molar-refractivity contribution in [2.45, 2.75) is 6.42 Å². The molecule has 2 aromatic rings. The first-order chi connectivity index (χ1) is 12.7. The number of ether oxygens (including phenoxy) is 1. The number of halogens is 1. The predicted molar refractivity (Wildman–Crippen MR) is 102 cm³/mol. The van der Waals surface area contributed by atoms with E-state index < -0.39 is 22.6 Å². The maximum Gasteiger partial charge on any atom is 0.331 e. The molecule has 6 nitrogen and oxygen atoms in total. The van der Waals surface area contributed by atoms with Gasteiger partial charge in [0.05, 0.1) is 11.1 Å². The summed E-state index contributed by atoms with van der Waals surface area (Å²) in [5.74, 6) is -1.39. The van der Waals surface area contributed by atoms with Gasteiger partial charge in [0.2, 0.25) is 15.8 Å². The predicted octanol–water partition coefficient (Wildman–Crippen LogP) is 2.42. The van der Waals surface area contributed by atoms with Crippen LogP contribution in [0.25, 0.3) is 6.08 Å². The fraction of sp³-hybridized carbons (Fsp3) is 0.222. The van der Waals surface area contributed by atoms with Gasteiger partial charge in [-0.2, -0.15) is 0 Å². The van der Waals surface area contributed by atoms with E-state index in [0.717, 1.165) is 17.2 Å². The summed E-state index contributed by atoms with van der Waals surface area (Å²) < 4.78 is 42.1. The van der Waals surface area contributed by atoms with E-state index in [9.17, 15) is 22.4 Å². The number of hydrogen-bond acceptors (Lipinski definition) is 6. The van der Waals surface area contributed by atoms with E-state index in [1.165, 1.54) is 41.7 Å². The fourth-order valence-corrected chi connectivity index (χ4v) is 3.42. The van der Waals surface area contributed by atoms with Crippen molar-refractivity contribution in [1.82, 2.24) is 4.72 Å². The van der Waals surface area contributed by atoms with Crippen molar-refractivity contribution < 1.29 is 27.1 Å². The first-order valence-electron chi connectivity index (χ1n) is 7.90. The van der Waals surface area contributed by atoms with Crippen molar-refractivity contribution in [2.24, 2.45) is 0 Å². The lowest BCUT2D eigenvalue weighted by atomic mass is 10.2. The topological polar surface area (TPSA) is 89.5 Å². The Balaban J connectivity index is 1.79. The molecule has 0 aliphatic carbocycles. The Labute approximate surface area is 160 Å². The number of benzene rings is 1. The smallest absolute Gasteiger partial charge is 0.331 e. The van der Waals surface area contributed by atoms with Crippen LogP contribution < -0.4 is 4.72 Å². The molecular weight excluding hydrogens is 393 g/mol. The molecule has 0 saturated carbocycles. The molecule has 144 valence electrons. The van der Waals surface area contributed by atoms with Crippen molar-refractivity contribution in [2.75, 3.05) is 19.4 Å². The van der Waals surface area contributed by atoms with Crippen LogP contribution in [0.5, 0.6) is 0 Å². The van der Waals surface area contributed by atoms with Gasteiger partial charge in [-0.25, -0.2) is 22.3 Å². The maximum atomic E-state index is 12.8. The lowest BCUT2D eigenvalue weighted by Gasteiger charge is -2.00. The summed E-state index contributed by atoms with van der Waals surface area (Å²) in [6.07, 6.45) is 4.17. The van der Waals surface area contributed by atoms with E-state index >= 15 is 0 Å². The zero-order valence-corrected chi connectivity index (χ0v) is 16.1. The number of esters is 1. The Morgan fingerprint density at radius 2 is 1.89 bits per heavy atom. The molecule has 27 heavy (non-hydrogen) atoms. The quantitative estimate of drug-likeness (QED) is 0.389. The second-order valence-electron chi connectivity index (χ2n) is 5.60. The van der Waals surface area contributed by atoms with Gasteiger partial charge in [-0.05, 0) is 42.3 Å². The standard InChI is InChI=1S/C18H18FNO5S2/c1-27(23,24)20-11-10-15-7-8-17(26-15)16(21)12-25-18(22)9-4-13-2-5-14(19)6-3-13/h2-9,20H,10-12H2,1H3/b9-4+. The second kappa shape index (κ2) is 9.54. The molecule has 0 saturated heterocycles. The van der Waals surface area contributed by atoms with Gasteiger partial charge in [-0.3, -0.25) is 4.79 Å². The van der Waals surface area contributed by atoms with Crippen LogP contribution in [-0.4, -0.2) is 39.6 Å². The number of hydrogen-bond donors (Lipinski definition) is 1. The molecule has 1 heterocycles. The van der Waals surface area contributed by atoms with Gasteiger partial charge in [0.25, 0.3) is 0 Å². The van der Waals surface area contributed by atoms with Crippen LogP contribution in [0, 0.1) is 5.82 Å². The first-order valence-corrected chi connectivity index (χ1v) is 10.6. The molecule has 0 aliphatic heterocycles. The van der Waals surface area contributed by atoms with Crippen molar-refractivity contribution in [3.05, 3.63) is 63.6 Å². The number of nitrogens with one attached hydrogen (secondary N) is 1. The number of Topliss-reactive ketones (excluding diaryl/α,β-unsaturated/α-hetero) is 1. The van der Waals surface area contributed by atoms with Crippen molar-refractivity contribution in [3.8, 4) is 0 Å². The number of carbonyl (C=O) groups is 2. The van der Waals surface area contributed by atoms with Gasteiger partial charge in [0, 0.05) is 17.5 Å². The Bertz CT molecular complexity index is 933. The molecule has 0 unspecified atom stereocenters. The Kier molecular flexibility index (Phi) is 7.40. The Hall–Kier alpha value is -2.36. The number of ketones is 1. The van der Waals surface area contributed by atoms with Crippen LogP contribution in [-0.2, 0) is 26.0 Å². The molecule has 0 amide bonds. The van der Waals surface area contributed by atoms with Gasteiger partial charge in [0.1, 0.15) is 5.82 Å². The molecule has 1 N–H and O–H groups in total. The van der Waals surface area contributed by atoms with Gasteiger partial charge in [-0.15, -0.1) is 11.3 Å². The lowest BCUT2D eigenvalue weighted by molar-refractivity contribution is -0.136. The third-order valence-corrected chi connectivity index (χ3v) is 5.21. The summed E-state index contributed by atoms with van der Waals surface area (Å²) in [5.41, 5.74) is 0.630. The van der Waals surface area contributed by atoms with Crippen LogP contribution in [0.15, 0.2) is 42.5 Å². The van der Waals surface area contributed by atoms with Crippen LogP contribution in [0.3, 0.4) is 0 Å². The minimum atomic E-state index is -3.24. The minimum absolute atomic E-state index is 0.246. The SMILES string of the molecule is CS(=O)(=O)NCCc1ccc(C(=O)COC(=O)/C=C/c2ccc(F)cc2)s1. The molecule has 1 aromatic heterocycles. The first kappa shape index (κ1) is 20.9. The fourth-order valence-electron chi connectivity index (χ4n) is 2.02. The van der Waals surface area contributed by atoms with Crippen molar-refractivity contribution in [3.63, 3.8) is 0 Å². The highest BCUT2D eigenvalue weighted by Gasteiger charge is 2.12. The zero-order chi connectivity index (χ0) is 19.9. The van der Waals surface area contributed by atoms with E-state index in [0.29, 0.717) is 16.9 Å². The summed E-state index contributed by atoms with van der Waals surface area (Å²) in [5, 5.41) is 0. The number of sulfonamides is 1. The van der Waals surface area contributed by atoms with Crippen molar-refractivity contribution >= 4 is 39.2 Å². The van der Waals surface area contributed by atoms with Gasteiger partial charge < -0.3 is 4.74 Å². The molecule has 0 radical (unpaired) electrons. The summed E-state index contributed by atoms with van der Waals surface area (Å²) in [6.45, 7) is -0.149. The lowest BCUT2D eigenvalue weighted by Crippen LogP contribution is -2.24. The van der Waals surface area contributed by atoms with E-state index in [4.69, 9.17) is 4.74 Å². The average Bonchev–Trinajstić information content (AvgIpc) is 3.07. The van der Waals surface area contributed by atoms with E-state index in [2.05, 4.69) is 4.72 Å². The number of carbonyl (C=O) groups excluding carboxylic acids is 2. The molecular formula is C18H18FNO5S2.